The van der Waals surface area contributed by atoms with Gasteiger partial charge in [0.2, 0.25) is 0 Å². The van der Waals surface area contributed by atoms with Crippen LogP contribution in [0.5, 0.6) is 5.75 Å². The van der Waals surface area contributed by atoms with Crippen LogP contribution in [0.25, 0.3) is 0 Å². The Morgan fingerprint density at radius 3 is 2.62 bits per heavy atom. The minimum atomic E-state index is -4.60. The molecule has 0 bridgehead atoms. The van der Waals surface area contributed by atoms with Gasteiger partial charge < -0.3 is 14.1 Å². The zero-order valence-electron chi connectivity index (χ0n) is 13.0. The van der Waals surface area contributed by atoms with Crippen LogP contribution in [-0.4, -0.2) is 35.1 Å². The smallest absolute Gasteiger partial charge is 0.406 e. The summed E-state index contributed by atoms with van der Waals surface area (Å²) in [6.45, 7) is -2.56. The quantitative estimate of drug-likeness (QED) is 0.528. The van der Waals surface area contributed by atoms with Crippen molar-refractivity contribution in [1.29, 1.82) is 0 Å². The molecule has 1 heterocycles. The van der Waals surface area contributed by atoms with Crippen molar-refractivity contribution < 1.29 is 32.0 Å². The van der Waals surface area contributed by atoms with Gasteiger partial charge in [-0.05, 0) is 18.2 Å². The van der Waals surface area contributed by atoms with E-state index >= 15 is 0 Å². The number of nitro benzene ring substituents is 1. The average Bonchev–Trinajstić information content (AvgIpc) is 3.03. The van der Waals surface area contributed by atoms with Crippen molar-refractivity contribution in [3.05, 3.63) is 57.5 Å². The van der Waals surface area contributed by atoms with Gasteiger partial charge in [0.05, 0.1) is 17.7 Å². The Bertz CT molecular complexity index is 780. The van der Waals surface area contributed by atoms with Gasteiger partial charge in [-0.1, -0.05) is 11.6 Å². The molecule has 11 heteroatoms. The molecular weight excluding hydrogens is 381 g/mol. The highest BCUT2D eigenvalue weighted by Crippen LogP contribution is 2.28. The number of benzene rings is 1. The van der Waals surface area contributed by atoms with Crippen LogP contribution in [0.3, 0.4) is 0 Å². The number of nitro groups is 1. The van der Waals surface area contributed by atoms with E-state index in [2.05, 4.69) is 0 Å². The fourth-order valence-electron chi connectivity index (χ4n) is 2.00. The molecule has 2 rings (SSSR count). The molecule has 0 unspecified atom stereocenters. The van der Waals surface area contributed by atoms with Gasteiger partial charge in [0.15, 0.2) is 6.61 Å². The van der Waals surface area contributed by atoms with E-state index in [1.807, 2.05) is 0 Å². The highest BCUT2D eigenvalue weighted by Gasteiger charge is 2.33. The van der Waals surface area contributed by atoms with E-state index < -0.39 is 30.2 Å². The van der Waals surface area contributed by atoms with Crippen molar-refractivity contribution in [3.63, 3.8) is 0 Å². The molecule has 140 valence electrons. The normalized spacial score (nSPS) is 11.2. The highest BCUT2D eigenvalue weighted by atomic mass is 35.5. The standard InChI is InChI=1S/C15H12ClF3N2O5/c16-12-6-10(3-4-13(12)21(23)24)26-8-14(22)20(9-15(17,18)19)7-11-2-1-5-25-11/h1-6H,7-9H2. The minimum absolute atomic E-state index is 0.0129. The molecule has 1 aromatic carbocycles. The van der Waals surface area contributed by atoms with Gasteiger partial charge in [-0.2, -0.15) is 13.2 Å². The summed E-state index contributed by atoms with van der Waals surface area (Å²) in [7, 11) is 0. The molecule has 0 saturated heterocycles. The molecular formula is C15H12ClF3N2O5. The predicted octanol–water partition coefficient (Wildman–Crippen LogP) is 3.81. The van der Waals surface area contributed by atoms with Gasteiger partial charge in [0.1, 0.15) is 23.1 Å². The Morgan fingerprint density at radius 1 is 1.35 bits per heavy atom. The summed E-state index contributed by atoms with van der Waals surface area (Å²) in [5, 5.41) is 10.5. The second-order valence-corrected chi connectivity index (χ2v) is 5.51. The van der Waals surface area contributed by atoms with Crippen molar-refractivity contribution in [2.45, 2.75) is 12.7 Å². The second-order valence-electron chi connectivity index (χ2n) is 5.10. The SMILES string of the molecule is O=C(COc1ccc([N+](=O)[O-])c(Cl)c1)N(Cc1ccco1)CC(F)(F)F. The van der Waals surface area contributed by atoms with Gasteiger partial charge in [-0.15, -0.1) is 0 Å². The van der Waals surface area contributed by atoms with Crippen molar-refractivity contribution in [2.75, 3.05) is 13.2 Å². The molecule has 0 aliphatic rings. The number of amides is 1. The molecule has 26 heavy (non-hydrogen) atoms. The molecule has 0 N–H and O–H groups in total. The van der Waals surface area contributed by atoms with E-state index in [4.69, 9.17) is 20.8 Å². The Kier molecular flexibility index (Phi) is 6.09. The molecule has 0 fully saturated rings. The number of carbonyl (C=O) groups excluding carboxylic acids is 1. The molecule has 0 atom stereocenters. The molecule has 0 aliphatic heterocycles. The van der Waals surface area contributed by atoms with E-state index in [1.165, 1.54) is 24.5 Å². The fourth-order valence-corrected chi connectivity index (χ4v) is 2.24. The fraction of sp³-hybridized carbons (Fsp3) is 0.267. The van der Waals surface area contributed by atoms with Gasteiger partial charge in [0, 0.05) is 12.1 Å². The van der Waals surface area contributed by atoms with Crippen molar-refractivity contribution in [1.82, 2.24) is 4.90 Å². The molecule has 0 radical (unpaired) electrons. The third-order valence-corrected chi connectivity index (χ3v) is 3.43. The number of alkyl halides is 3. The van der Waals surface area contributed by atoms with E-state index in [0.29, 0.717) is 4.90 Å². The number of ether oxygens (including phenoxy) is 1. The second kappa shape index (κ2) is 8.09. The number of halogens is 4. The predicted molar refractivity (Wildman–Crippen MR) is 83.8 cm³/mol. The van der Waals surface area contributed by atoms with Crippen LogP contribution in [0, 0.1) is 10.1 Å². The summed E-state index contributed by atoms with van der Waals surface area (Å²) in [4.78, 5) is 22.6. The van der Waals surface area contributed by atoms with Crippen LogP contribution in [0.4, 0.5) is 18.9 Å². The lowest BCUT2D eigenvalue weighted by atomic mass is 10.3. The number of hydrogen-bond acceptors (Lipinski definition) is 5. The van der Waals surface area contributed by atoms with Crippen LogP contribution in [0.15, 0.2) is 41.0 Å². The summed E-state index contributed by atoms with van der Waals surface area (Å²) < 4.78 is 48.1. The van der Waals surface area contributed by atoms with E-state index in [-0.39, 0.29) is 28.8 Å². The van der Waals surface area contributed by atoms with Crippen LogP contribution in [-0.2, 0) is 11.3 Å². The van der Waals surface area contributed by atoms with Gasteiger partial charge in [-0.25, -0.2) is 0 Å². The summed E-state index contributed by atoms with van der Waals surface area (Å²) in [5.41, 5.74) is -0.359. The molecule has 2 aromatic rings. The largest absolute Gasteiger partial charge is 0.484 e. The van der Waals surface area contributed by atoms with Crippen molar-refractivity contribution >= 4 is 23.2 Å². The molecule has 0 spiro atoms. The molecule has 0 aliphatic carbocycles. The van der Waals surface area contributed by atoms with E-state index in [1.54, 1.807) is 0 Å². The number of carbonyl (C=O) groups is 1. The first kappa shape index (κ1) is 19.6. The van der Waals surface area contributed by atoms with Crippen molar-refractivity contribution in [3.8, 4) is 5.75 Å². The number of rotatable bonds is 7. The average molecular weight is 393 g/mol. The molecule has 1 amide bonds. The van der Waals surface area contributed by atoms with E-state index in [0.717, 1.165) is 12.1 Å². The number of furan rings is 1. The summed E-state index contributed by atoms with van der Waals surface area (Å²) in [5.74, 6) is -0.743. The first-order valence-electron chi connectivity index (χ1n) is 7.09. The maximum Gasteiger partial charge on any atom is 0.406 e. The minimum Gasteiger partial charge on any atom is -0.484 e. The molecule has 0 saturated carbocycles. The Balaban J connectivity index is 2.04. The molecule has 1 aromatic heterocycles. The highest BCUT2D eigenvalue weighted by molar-refractivity contribution is 6.32. The summed E-state index contributed by atoms with van der Waals surface area (Å²) >= 11 is 5.71. The Morgan fingerprint density at radius 2 is 2.08 bits per heavy atom. The van der Waals surface area contributed by atoms with Crippen LogP contribution >= 0.6 is 11.6 Å². The Hall–Kier alpha value is -2.75. The lowest BCUT2D eigenvalue weighted by Gasteiger charge is -2.23. The third-order valence-electron chi connectivity index (χ3n) is 3.13. The third kappa shape index (κ3) is 5.66. The maximum absolute atomic E-state index is 12.7. The van der Waals surface area contributed by atoms with Gasteiger partial charge >= 0.3 is 6.18 Å². The molecule has 7 nitrogen and oxygen atoms in total. The van der Waals surface area contributed by atoms with Gasteiger partial charge in [0.25, 0.3) is 11.6 Å². The van der Waals surface area contributed by atoms with Gasteiger partial charge in [-0.3, -0.25) is 14.9 Å². The number of nitrogens with zero attached hydrogens (tertiary/aromatic N) is 2. The summed E-state index contributed by atoms with van der Waals surface area (Å²) in [6.07, 6.45) is -3.32. The zero-order valence-corrected chi connectivity index (χ0v) is 13.8. The van der Waals surface area contributed by atoms with Crippen LogP contribution in [0.1, 0.15) is 5.76 Å². The van der Waals surface area contributed by atoms with Crippen LogP contribution < -0.4 is 4.74 Å². The monoisotopic (exact) mass is 392 g/mol. The lowest BCUT2D eigenvalue weighted by molar-refractivity contribution is -0.384. The lowest BCUT2D eigenvalue weighted by Crippen LogP contribution is -2.40. The van der Waals surface area contributed by atoms with Crippen molar-refractivity contribution in [2.24, 2.45) is 0 Å². The first-order valence-corrected chi connectivity index (χ1v) is 7.47. The maximum atomic E-state index is 12.7. The topological polar surface area (TPSA) is 85.8 Å². The number of hydrogen-bond donors (Lipinski definition) is 0. The van der Waals surface area contributed by atoms with E-state index in [9.17, 15) is 28.1 Å². The first-order chi connectivity index (χ1) is 12.2. The van der Waals surface area contributed by atoms with Crippen LogP contribution in [0.2, 0.25) is 5.02 Å². The zero-order chi connectivity index (χ0) is 19.3. The Labute approximate surface area is 150 Å². The summed E-state index contributed by atoms with van der Waals surface area (Å²) in [6, 6.07) is 6.29.